The lowest BCUT2D eigenvalue weighted by molar-refractivity contribution is -0.144. The molecule has 10 nitrogen and oxygen atoms in total. The molecule has 0 spiro atoms. The molecule has 0 unspecified atom stereocenters. The highest BCUT2D eigenvalue weighted by molar-refractivity contribution is 6.03. The Bertz CT molecular complexity index is 1410. The van der Waals surface area contributed by atoms with E-state index in [1.165, 1.54) is 4.90 Å². The number of aryl methyl sites for hydroxylation is 1. The molecule has 3 N–H and O–H groups in total. The van der Waals surface area contributed by atoms with Crippen LogP contribution in [0.4, 0.5) is 0 Å². The van der Waals surface area contributed by atoms with Crippen LogP contribution in [0.5, 0.6) is 0 Å². The Kier molecular flexibility index (Phi) is 4.75. The number of likely N-dealkylation sites (tertiary alicyclic amines) is 1. The van der Waals surface area contributed by atoms with Crippen LogP contribution >= 0.6 is 0 Å². The van der Waals surface area contributed by atoms with Crippen molar-refractivity contribution in [3.8, 4) is 22.5 Å². The Morgan fingerprint density at radius 2 is 2.00 bits per heavy atom. The highest BCUT2D eigenvalue weighted by atomic mass is 16.5. The van der Waals surface area contributed by atoms with Gasteiger partial charge in [-0.05, 0) is 19.1 Å². The zero-order valence-corrected chi connectivity index (χ0v) is 18.1. The van der Waals surface area contributed by atoms with Crippen LogP contribution < -0.4 is 5.73 Å². The fourth-order valence-corrected chi connectivity index (χ4v) is 4.16. The molecule has 0 saturated carbocycles. The van der Waals surface area contributed by atoms with E-state index in [1.54, 1.807) is 19.4 Å². The number of rotatable bonds is 5. The minimum atomic E-state index is -1.71. The van der Waals surface area contributed by atoms with Gasteiger partial charge in [0.15, 0.2) is 11.5 Å². The molecule has 10 heteroatoms. The van der Waals surface area contributed by atoms with Crippen LogP contribution in [0.25, 0.3) is 33.5 Å². The summed E-state index contributed by atoms with van der Waals surface area (Å²) in [7, 11) is 1.63. The summed E-state index contributed by atoms with van der Waals surface area (Å²) in [5, 5.41) is 14.9. The molecular weight excluding hydrogens is 424 g/mol. The molecular formula is C23H22N6O4. The molecule has 4 heterocycles. The van der Waals surface area contributed by atoms with Crippen molar-refractivity contribution in [1.82, 2.24) is 24.6 Å². The van der Waals surface area contributed by atoms with E-state index in [4.69, 9.17) is 10.3 Å². The first-order valence-corrected chi connectivity index (χ1v) is 10.5. The number of likely N-dealkylation sites (N-methyl/N-ethyl adjacent to an activating group) is 1. The fourth-order valence-electron chi connectivity index (χ4n) is 4.16. The van der Waals surface area contributed by atoms with Crippen LogP contribution in [0.3, 0.4) is 0 Å². The molecule has 1 aromatic carbocycles. The lowest BCUT2D eigenvalue weighted by Gasteiger charge is -2.16. The van der Waals surface area contributed by atoms with Gasteiger partial charge in [0.05, 0.1) is 17.5 Å². The summed E-state index contributed by atoms with van der Waals surface area (Å²) in [6.45, 7) is 3.09. The molecule has 168 valence electrons. The van der Waals surface area contributed by atoms with E-state index in [0.29, 0.717) is 35.6 Å². The van der Waals surface area contributed by atoms with Gasteiger partial charge in [0, 0.05) is 43.8 Å². The Labute approximate surface area is 188 Å². The number of amides is 2. The van der Waals surface area contributed by atoms with Gasteiger partial charge in [-0.3, -0.25) is 9.59 Å². The monoisotopic (exact) mass is 446 g/mol. The minimum Gasteiger partial charge on any atom is -0.373 e. The van der Waals surface area contributed by atoms with Gasteiger partial charge in [0.25, 0.3) is 11.8 Å². The standard InChI is InChI=1S/C23H22N6O4/c1-3-29-12-25-19-17(29)10-15(26-20(19)21(24)30)13-5-4-6-14(9-13)16-11-18(33-27-16)23(32)7-8-28(2)22(23)31/h4-6,9-12,32H,3,7-8H2,1-2H3,(H2,24,30)/t23-/m1/s1. The lowest BCUT2D eigenvalue weighted by atomic mass is 9.97. The number of fused-ring (bicyclic) bond motifs is 1. The second-order valence-corrected chi connectivity index (χ2v) is 8.11. The number of benzene rings is 1. The molecule has 2 amide bonds. The zero-order chi connectivity index (χ0) is 23.3. The highest BCUT2D eigenvalue weighted by Crippen LogP contribution is 2.35. The van der Waals surface area contributed by atoms with Gasteiger partial charge in [-0.15, -0.1) is 0 Å². The first kappa shape index (κ1) is 20.8. The topological polar surface area (TPSA) is 140 Å². The first-order chi connectivity index (χ1) is 15.8. The molecule has 3 aromatic heterocycles. The van der Waals surface area contributed by atoms with E-state index in [2.05, 4.69) is 15.1 Å². The number of nitrogens with zero attached hydrogens (tertiary/aromatic N) is 5. The maximum Gasteiger partial charge on any atom is 0.269 e. The van der Waals surface area contributed by atoms with Gasteiger partial charge < -0.3 is 24.8 Å². The average Bonchev–Trinajstić information content (AvgIpc) is 3.54. The van der Waals surface area contributed by atoms with Gasteiger partial charge in [0.1, 0.15) is 11.2 Å². The van der Waals surface area contributed by atoms with E-state index in [1.807, 2.05) is 41.8 Å². The third-order valence-electron chi connectivity index (χ3n) is 6.06. The Morgan fingerprint density at radius 3 is 2.67 bits per heavy atom. The average molecular weight is 446 g/mol. The summed E-state index contributed by atoms with van der Waals surface area (Å²) >= 11 is 0. The smallest absolute Gasteiger partial charge is 0.269 e. The van der Waals surface area contributed by atoms with Crippen molar-refractivity contribution >= 4 is 22.8 Å². The number of carbonyl (C=O) groups excluding carboxylic acids is 2. The summed E-state index contributed by atoms with van der Waals surface area (Å²) in [4.78, 5) is 34.6. The predicted molar refractivity (Wildman–Crippen MR) is 119 cm³/mol. The highest BCUT2D eigenvalue weighted by Gasteiger charge is 2.48. The summed E-state index contributed by atoms with van der Waals surface area (Å²) in [6.07, 6.45) is 1.89. The molecule has 4 aromatic rings. The lowest BCUT2D eigenvalue weighted by Crippen LogP contribution is -2.35. The van der Waals surface area contributed by atoms with Gasteiger partial charge >= 0.3 is 0 Å². The van der Waals surface area contributed by atoms with Crippen molar-refractivity contribution < 1.29 is 19.2 Å². The number of hydrogen-bond acceptors (Lipinski definition) is 7. The Hall–Kier alpha value is -4.05. The number of imidazole rings is 1. The first-order valence-electron chi connectivity index (χ1n) is 10.5. The maximum atomic E-state index is 12.4. The quantitative estimate of drug-likeness (QED) is 0.477. The third-order valence-corrected chi connectivity index (χ3v) is 6.06. The summed E-state index contributed by atoms with van der Waals surface area (Å²) in [5.41, 5.74) is 7.66. The van der Waals surface area contributed by atoms with Crippen molar-refractivity contribution in [2.24, 2.45) is 5.73 Å². The van der Waals surface area contributed by atoms with Crippen molar-refractivity contribution in [2.45, 2.75) is 25.5 Å². The molecule has 0 radical (unpaired) electrons. The largest absolute Gasteiger partial charge is 0.373 e. The van der Waals surface area contributed by atoms with Gasteiger partial charge in [0.2, 0.25) is 5.60 Å². The molecule has 1 atom stereocenters. The van der Waals surface area contributed by atoms with Gasteiger partial charge in [-0.1, -0.05) is 23.4 Å². The van der Waals surface area contributed by atoms with Gasteiger partial charge in [-0.25, -0.2) is 9.97 Å². The van der Waals surface area contributed by atoms with Crippen molar-refractivity contribution in [2.75, 3.05) is 13.6 Å². The maximum absolute atomic E-state index is 12.4. The summed E-state index contributed by atoms with van der Waals surface area (Å²) < 4.78 is 7.28. The SMILES string of the molecule is CCn1cnc2c(C(N)=O)nc(-c3cccc(-c4cc([C@]5(O)CCN(C)C5=O)on4)c3)cc21. The number of pyridine rings is 1. The van der Waals surface area contributed by atoms with Crippen LogP contribution in [0, 0.1) is 0 Å². The second kappa shape index (κ2) is 7.52. The van der Waals surface area contributed by atoms with Crippen LogP contribution in [-0.4, -0.2) is 55.1 Å². The third kappa shape index (κ3) is 3.26. The fraction of sp³-hybridized carbons (Fsp3) is 0.261. The summed E-state index contributed by atoms with van der Waals surface area (Å²) in [6, 6.07) is 10.8. The van der Waals surface area contributed by atoms with Crippen LogP contribution in [0.15, 0.2) is 47.2 Å². The molecule has 0 bridgehead atoms. The van der Waals surface area contributed by atoms with Crippen LogP contribution in [0.1, 0.15) is 29.6 Å². The van der Waals surface area contributed by atoms with E-state index in [9.17, 15) is 14.7 Å². The molecule has 1 fully saturated rings. The number of primary amides is 1. The summed E-state index contributed by atoms with van der Waals surface area (Å²) in [5.74, 6) is -0.956. The Balaban J connectivity index is 1.56. The normalized spacial score (nSPS) is 18.4. The minimum absolute atomic E-state index is 0.106. The second-order valence-electron chi connectivity index (χ2n) is 8.11. The Morgan fingerprint density at radius 1 is 1.24 bits per heavy atom. The number of carbonyl (C=O) groups is 2. The van der Waals surface area contributed by atoms with E-state index >= 15 is 0 Å². The van der Waals surface area contributed by atoms with Crippen LogP contribution in [-0.2, 0) is 16.9 Å². The van der Waals surface area contributed by atoms with Gasteiger partial charge in [-0.2, -0.15) is 0 Å². The van der Waals surface area contributed by atoms with E-state index in [0.717, 1.165) is 11.1 Å². The number of aromatic nitrogens is 4. The number of aliphatic hydroxyl groups is 1. The predicted octanol–water partition coefficient (Wildman–Crippen LogP) is 1.92. The van der Waals surface area contributed by atoms with Crippen molar-refractivity contribution in [3.05, 3.63) is 54.2 Å². The molecule has 5 rings (SSSR count). The molecule has 0 aliphatic carbocycles. The molecule has 33 heavy (non-hydrogen) atoms. The van der Waals surface area contributed by atoms with Crippen molar-refractivity contribution in [1.29, 1.82) is 0 Å². The molecule has 1 saturated heterocycles. The number of hydrogen-bond donors (Lipinski definition) is 2. The van der Waals surface area contributed by atoms with E-state index < -0.39 is 17.4 Å². The molecule has 1 aliphatic heterocycles. The van der Waals surface area contributed by atoms with Crippen LogP contribution in [0.2, 0.25) is 0 Å². The van der Waals surface area contributed by atoms with Crippen molar-refractivity contribution in [3.63, 3.8) is 0 Å². The number of nitrogens with two attached hydrogens (primary N) is 1. The zero-order valence-electron chi connectivity index (χ0n) is 18.1. The van der Waals surface area contributed by atoms with E-state index in [-0.39, 0.29) is 17.9 Å². The molecule has 1 aliphatic rings.